The van der Waals surface area contributed by atoms with Crippen LogP contribution in [0.2, 0.25) is 5.02 Å². The van der Waals surface area contributed by atoms with Gasteiger partial charge in [0.15, 0.2) is 0 Å². The number of nitrogens with zero attached hydrogens (tertiary/aromatic N) is 3. The molecule has 5 nitrogen and oxygen atoms in total. The van der Waals surface area contributed by atoms with Crippen LogP contribution in [0.5, 0.6) is 5.75 Å². The highest BCUT2D eigenvalue weighted by molar-refractivity contribution is 6.32. The number of aryl methyl sites for hydroxylation is 1. The largest absolute Gasteiger partial charge is 0.433 e. The van der Waals surface area contributed by atoms with Crippen molar-refractivity contribution in [2.75, 3.05) is 19.6 Å². The van der Waals surface area contributed by atoms with E-state index < -0.39 is 6.61 Å². The highest BCUT2D eigenvalue weighted by atomic mass is 35.5. The predicted octanol–water partition coefficient (Wildman–Crippen LogP) is 3.24. The standard InChI is InChI=1S/C16H19ClF2N4O.ClH/c1-22-6-5-21-15(22)13-9-20-4-7-23(13)10-11-2-3-14(12(17)8-11)24-16(18)19;/h2-3,5-6,8,13,16,20H,4,7,9-10H2,1H3;1H. The number of piperazine rings is 1. The van der Waals surface area contributed by atoms with Gasteiger partial charge in [-0.25, -0.2) is 4.98 Å². The predicted molar refractivity (Wildman–Crippen MR) is 94.6 cm³/mol. The van der Waals surface area contributed by atoms with Gasteiger partial charge in [-0.1, -0.05) is 17.7 Å². The van der Waals surface area contributed by atoms with E-state index in [0.29, 0.717) is 6.54 Å². The van der Waals surface area contributed by atoms with Gasteiger partial charge in [0, 0.05) is 45.6 Å². The smallest absolute Gasteiger partial charge is 0.387 e. The average molecular weight is 393 g/mol. The van der Waals surface area contributed by atoms with Crippen molar-refractivity contribution in [3.05, 3.63) is 47.0 Å². The Bertz CT molecular complexity index is 699. The summed E-state index contributed by atoms with van der Waals surface area (Å²) in [6, 6.07) is 5.08. The fourth-order valence-corrected chi connectivity index (χ4v) is 3.20. The molecule has 1 aromatic heterocycles. The number of halogens is 4. The number of nitrogens with one attached hydrogen (secondary N) is 1. The molecule has 138 valence electrons. The number of hydrogen-bond donors (Lipinski definition) is 1. The van der Waals surface area contributed by atoms with Gasteiger partial charge < -0.3 is 14.6 Å². The monoisotopic (exact) mass is 392 g/mol. The van der Waals surface area contributed by atoms with Crippen molar-refractivity contribution in [3.63, 3.8) is 0 Å². The highest BCUT2D eigenvalue weighted by Crippen LogP contribution is 2.29. The zero-order valence-corrected chi connectivity index (χ0v) is 15.2. The third-order valence-corrected chi connectivity index (χ3v) is 4.40. The van der Waals surface area contributed by atoms with Crippen molar-refractivity contribution in [1.29, 1.82) is 0 Å². The molecule has 1 fully saturated rings. The number of aromatic nitrogens is 2. The first-order valence-corrected chi connectivity index (χ1v) is 8.07. The minimum absolute atomic E-state index is 0. The number of rotatable bonds is 5. The van der Waals surface area contributed by atoms with E-state index in [1.807, 2.05) is 17.8 Å². The van der Waals surface area contributed by atoms with Crippen LogP contribution in [0, 0.1) is 0 Å². The van der Waals surface area contributed by atoms with Gasteiger partial charge >= 0.3 is 6.61 Å². The minimum atomic E-state index is -2.88. The molecule has 1 aliphatic heterocycles. The Morgan fingerprint density at radius 3 is 2.88 bits per heavy atom. The Morgan fingerprint density at radius 2 is 2.24 bits per heavy atom. The number of imidazole rings is 1. The van der Waals surface area contributed by atoms with Crippen LogP contribution in [-0.4, -0.2) is 40.7 Å². The van der Waals surface area contributed by atoms with Crippen molar-refractivity contribution in [1.82, 2.24) is 19.8 Å². The minimum Gasteiger partial charge on any atom is -0.433 e. The molecule has 1 saturated heterocycles. The van der Waals surface area contributed by atoms with E-state index in [-0.39, 0.29) is 29.2 Å². The summed E-state index contributed by atoms with van der Waals surface area (Å²) in [5.41, 5.74) is 0.947. The molecular formula is C16H20Cl2F2N4O. The molecule has 9 heteroatoms. The summed E-state index contributed by atoms with van der Waals surface area (Å²) in [6.45, 7) is 0.347. The lowest BCUT2D eigenvalue weighted by atomic mass is 10.1. The van der Waals surface area contributed by atoms with Crippen LogP contribution in [0.4, 0.5) is 8.78 Å². The van der Waals surface area contributed by atoms with E-state index in [2.05, 4.69) is 19.9 Å². The van der Waals surface area contributed by atoms with Crippen LogP contribution in [0.25, 0.3) is 0 Å². The quantitative estimate of drug-likeness (QED) is 0.847. The highest BCUT2D eigenvalue weighted by Gasteiger charge is 2.26. The van der Waals surface area contributed by atoms with Crippen LogP contribution in [0.15, 0.2) is 30.6 Å². The lowest BCUT2D eigenvalue weighted by molar-refractivity contribution is -0.0498. The SMILES string of the molecule is Cl.Cn1ccnc1C1CNCCN1Cc1ccc(OC(F)F)c(Cl)c1. The van der Waals surface area contributed by atoms with Crippen LogP contribution >= 0.6 is 24.0 Å². The molecule has 0 radical (unpaired) electrons. The van der Waals surface area contributed by atoms with Gasteiger partial charge in [0.1, 0.15) is 11.6 Å². The average Bonchev–Trinajstić information content (AvgIpc) is 2.96. The maximum Gasteiger partial charge on any atom is 0.387 e. The summed E-state index contributed by atoms with van der Waals surface area (Å²) in [5, 5.41) is 3.57. The molecule has 1 unspecified atom stereocenters. The molecule has 0 saturated carbocycles. The summed E-state index contributed by atoms with van der Waals surface area (Å²) in [6.07, 6.45) is 3.71. The van der Waals surface area contributed by atoms with E-state index in [4.69, 9.17) is 11.6 Å². The lowest BCUT2D eigenvalue weighted by Crippen LogP contribution is -2.46. The molecule has 1 atom stereocenters. The van der Waals surface area contributed by atoms with Crippen molar-refractivity contribution in [2.24, 2.45) is 7.05 Å². The summed E-state index contributed by atoms with van der Waals surface area (Å²) in [5.74, 6) is 0.988. The summed E-state index contributed by atoms with van der Waals surface area (Å²) in [7, 11) is 1.97. The lowest BCUT2D eigenvalue weighted by Gasteiger charge is -2.35. The zero-order valence-electron chi connectivity index (χ0n) is 13.7. The van der Waals surface area contributed by atoms with Gasteiger partial charge in [-0.05, 0) is 17.7 Å². The first-order chi connectivity index (χ1) is 11.5. The van der Waals surface area contributed by atoms with Gasteiger partial charge in [-0.15, -0.1) is 12.4 Å². The third kappa shape index (κ3) is 4.82. The van der Waals surface area contributed by atoms with Crippen molar-refractivity contribution in [3.8, 4) is 5.75 Å². The number of ether oxygens (including phenoxy) is 1. The summed E-state index contributed by atoms with van der Waals surface area (Å²) < 4.78 is 31.0. The second-order valence-electron chi connectivity index (χ2n) is 5.73. The van der Waals surface area contributed by atoms with Crippen LogP contribution in [-0.2, 0) is 13.6 Å². The Labute approximate surface area is 156 Å². The van der Waals surface area contributed by atoms with Crippen LogP contribution < -0.4 is 10.1 Å². The number of benzene rings is 1. The van der Waals surface area contributed by atoms with Gasteiger partial charge in [0.05, 0.1) is 11.1 Å². The normalized spacial score (nSPS) is 18.2. The van der Waals surface area contributed by atoms with E-state index in [1.165, 1.54) is 6.07 Å². The Hall–Kier alpha value is -1.41. The van der Waals surface area contributed by atoms with E-state index in [0.717, 1.165) is 31.0 Å². The van der Waals surface area contributed by atoms with Gasteiger partial charge in [-0.2, -0.15) is 8.78 Å². The summed E-state index contributed by atoms with van der Waals surface area (Å²) in [4.78, 5) is 6.75. The Kier molecular flexibility index (Phi) is 7.01. The molecule has 1 aliphatic rings. The third-order valence-electron chi connectivity index (χ3n) is 4.11. The second-order valence-corrected chi connectivity index (χ2v) is 6.14. The van der Waals surface area contributed by atoms with E-state index >= 15 is 0 Å². The zero-order chi connectivity index (χ0) is 17.1. The van der Waals surface area contributed by atoms with E-state index in [9.17, 15) is 8.78 Å². The Morgan fingerprint density at radius 1 is 1.44 bits per heavy atom. The van der Waals surface area contributed by atoms with Gasteiger partial charge in [-0.3, -0.25) is 4.90 Å². The molecule has 0 aliphatic carbocycles. The molecule has 2 aromatic rings. The van der Waals surface area contributed by atoms with Crippen molar-refractivity contribution >= 4 is 24.0 Å². The first kappa shape index (κ1) is 19.9. The maximum atomic E-state index is 12.3. The fraction of sp³-hybridized carbons (Fsp3) is 0.438. The molecule has 0 bridgehead atoms. The van der Waals surface area contributed by atoms with Crippen molar-refractivity contribution in [2.45, 2.75) is 19.2 Å². The molecule has 2 heterocycles. The van der Waals surface area contributed by atoms with Crippen LogP contribution in [0.1, 0.15) is 17.4 Å². The molecule has 0 amide bonds. The molecule has 3 rings (SSSR count). The van der Waals surface area contributed by atoms with Crippen LogP contribution in [0.3, 0.4) is 0 Å². The molecule has 1 aromatic carbocycles. The van der Waals surface area contributed by atoms with E-state index in [1.54, 1.807) is 18.3 Å². The summed E-state index contributed by atoms with van der Waals surface area (Å²) >= 11 is 6.05. The molecule has 1 N–H and O–H groups in total. The van der Waals surface area contributed by atoms with Crippen molar-refractivity contribution < 1.29 is 13.5 Å². The number of alkyl halides is 2. The Balaban J connectivity index is 0.00000225. The van der Waals surface area contributed by atoms with Gasteiger partial charge in [0.2, 0.25) is 0 Å². The second kappa shape index (κ2) is 8.80. The van der Waals surface area contributed by atoms with Gasteiger partial charge in [0.25, 0.3) is 0 Å². The fourth-order valence-electron chi connectivity index (χ4n) is 2.96. The maximum absolute atomic E-state index is 12.3. The number of hydrogen-bond acceptors (Lipinski definition) is 4. The topological polar surface area (TPSA) is 42.3 Å². The molecule has 25 heavy (non-hydrogen) atoms. The molecular weight excluding hydrogens is 373 g/mol. The first-order valence-electron chi connectivity index (χ1n) is 7.70. The molecule has 0 spiro atoms.